The van der Waals surface area contributed by atoms with Gasteiger partial charge < -0.3 is 9.53 Å². The van der Waals surface area contributed by atoms with E-state index < -0.39 is 0 Å². The summed E-state index contributed by atoms with van der Waals surface area (Å²) in [5, 5.41) is 0. The fourth-order valence-corrected chi connectivity index (χ4v) is 2.33. The van der Waals surface area contributed by atoms with Crippen LogP contribution in [0.1, 0.15) is 65.7 Å². The van der Waals surface area contributed by atoms with Crippen molar-refractivity contribution in [2.24, 2.45) is 5.41 Å². The third kappa shape index (κ3) is 5.11. The molecule has 94 valence electrons. The lowest BCUT2D eigenvalue weighted by Crippen LogP contribution is -2.18. The molecule has 1 unspecified atom stereocenters. The predicted octanol–water partition coefficient (Wildman–Crippen LogP) is 3.73. The number of hydrogen-bond acceptors (Lipinski definition) is 2. The number of rotatable bonds is 7. The van der Waals surface area contributed by atoms with Gasteiger partial charge in [0.2, 0.25) is 0 Å². The van der Waals surface area contributed by atoms with E-state index in [9.17, 15) is 4.79 Å². The van der Waals surface area contributed by atoms with Crippen LogP contribution in [-0.2, 0) is 9.53 Å². The molecule has 0 radical (unpaired) electrons. The van der Waals surface area contributed by atoms with E-state index in [4.69, 9.17) is 4.74 Å². The molecule has 0 aliphatic heterocycles. The quantitative estimate of drug-likeness (QED) is 0.618. The molecule has 1 fully saturated rings. The lowest BCUT2D eigenvalue weighted by molar-refractivity contribution is -0.115. The average molecular weight is 226 g/mol. The second kappa shape index (κ2) is 6.39. The fourth-order valence-electron chi connectivity index (χ4n) is 2.33. The molecular weight excluding hydrogens is 200 g/mol. The first-order chi connectivity index (χ1) is 7.53. The highest BCUT2D eigenvalue weighted by molar-refractivity contribution is 5.57. The van der Waals surface area contributed by atoms with Crippen LogP contribution in [0.3, 0.4) is 0 Å². The maximum atomic E-state index is 10.7. The first-order valence-corrected chi connectivity index (χ1v) is 6.65. The molecular formula is C14H26O2. The van der Waals surface area contributed by atoms with Crippen molar-refractivity contribution in [2.45, 2.75) is 77.9 Å². The average Bonchev–Trinajstić information content (AvgIpc) is 2.70. The van der Waals surface area contributed by atoms with E-state index in [0.29, 0.717) is 12.2 Å². The fraction of sp³-hybridized carbons (Fsp3) is 0.929. The Morgan fingerprint density at radius 1 is 1.38 bits per heavy atom. The summed E-state index contributed by atoms with van der Waals surface area (Å²) < 4.78 is 5.97. The molecule has 0 saturated heterocycles. The lowest BCUT2D eigenvalue weighted by Gasteiger charge is -2.21. The van der Waals surface area contributed by atoms with Crippen molar-refractivity contribution in [3.63, 3.8) is 0 Å². The van der Waals surface area contributed by atoms with Crippen molar-refractivity contribution >= 4 is 6.29 Å². The van der Waals surface area contributed by atoms with Gasteiger partial charge in [-0.25, -0.2) is 0 Å². The van der Waals surface area contributed by atoms with Crippen LogP contribution >= 0.6 is 0 Å². The molecule has 0 N–H and O–H groups in total. The molecule has 1 aliphatic carbocycles. The molecule has 0 bridgehead atoms. The van der Waals surface area contributed by atoms with Gasteiger partial charge in [-0.3, -0.25) is 0 Å². The van der Waals surface area contributed by atoms with Crippen molar-refractivity contribution in [3.05, 3.63) is 0 Å². The normalized spacial score (nSPS) is 19.9. The third-order valence-electron chi connectivity index (χ3n) is 3.48. The van der Waals surface area contributed by atoms with Crippen LogP contribution in [0.25, 0.3) is 0 Å². The van der Waals surface area contributed by atoms with E-state index in [1.54, 1.807) is 0 Å². The van der Waals surface area contributed by atoms with Crippen molar-refractivity contribution in [3.8, 4) is 0 Å². The van der Waals surface area contributed by atoms with Gasteiger partial charge in [0.25, 0.3) is 0 Å². The van der Waals surface area contributed by atoms with Crippen molar-refractivity contribution in [2.75, 3.05) is 0 Å². The van der Waals surface area contributed by atoms with Crippen molar-refractivity contribution in [1.82, 2.24) is 0 Å². The zero-order valence-corrected chi connectivity index (χ0v) is 11.0. The summed E-state index contributed by atoms with van der Waals surface area (Å²) in [4.78, 5) is 10.7. The Labute approximate surface area is 99.8 Å². The van der Waals surface area contributed by atoms with Gasteiger partial charge in [0.1, 0.15) is 6.29 Å². The smallest absolute Gasteiger partial charge is 0.125 e. The second-order valence-corrected chi connectivity index (χ2v) is 5.85. The van der Waals surface area contributed by atoms with Crippen LogP contribution in [-0.4, -0.2) is 18.5 Å². The summed E-state index contributed by atoms with van der Waals surface area (Å²) in [6.07, 6.45) is 10.2. The van der Waals surface area contributed by atoms with E-state index in [1.807, 2.05) is 13.8 Å². The van der Waals surface area contributed by atoms with Gasteiger partial charge in [-0.1, -0.05) is 26.7 Å². The monoisotopic (exact) mass is 226 g/mol. The minimum absolute atomic E-state index is 0.160. The van der Waals surface area contributed by atoms with Gasteiger partial charge in [-0.2, -0.15) is 0 Å². The summed E-state index contributed by atoms with van der Waals surface area (Å²) in [5.74, 6) is 0. The van der Waals surface area contributed by atoms with Crippen LogP contribution < -0.4 is 0 Å². The number of carbonyl (C=O) groups is 1. The highest BCUT2D eigenvalue weighted by Gasteiger charge is 2.19. The molecule has 1 atom stereocenters. The third-order valence-corrected chi connectivity index (χ3v) is 3.48. The Balaban J connectivity index is 2.10. The molecule has 0 amide bonds. The SMILES string of the molecule is CC(CCCC(C)(C)C=O)OC1CCCC1. The zero-order valence-electron chi connectivity index (χ0n) is 11.0. The van der Waals surface area contributed by atoms with Gasteiger partial charge in [-0.05, 0) is 39.0 Å². The summed E-state index contributed by atoms with van der Waals surface area (Å²) in [6, 6.07) is 0. The molecule has 0 aromatic carbocycles. The number of hydrogen-bond donors (Lipinski definition) is 0. The molecule has 1 rings (SSSR count). The summed E-state index contributed by atoms with van der Waals surface area (Å²) in [5.41, 5.74) is -0.160. The molecule has 0 spiro atoms. The molecule has 2 heteroatoms. The molecule has 2 nitrogen and oxygen atoms in total. The Kier molecular flexibility index (Phi) is 5.47. The van der Waals surface area contributed by atoms with Crippen LogP contribution in [0.4, 0.5) is 0 Å². The standard InChI is InChI=1S/C14H26O2/c1-12(16-13-8-4-5-9-13)7-6-10-14(2,3)11-15/h11-13H,4-10H2,1-3H3. The van der Waals surface area contributed by atoms with Crippen LogP contribution in [0.5, 0.6) is 0 Å². The first-order valence-electron chi connectivity index (χ1n) is 6.65. The van der Waals surface area contributed by atoms with Crippen LogP contribution in [0, 0.1) is 5.41 Å². The summed E-state index contributed by atoms with van der Waals surface area (Å²) in [6.45, 7) is 6.16. The van der Waals surface area contributed by atoms with E-state index in [1.165, 1.54) is 25.7 Å². The summed E-state index contributed by atoms with van der Waals surface area (Å²) in [7, 11) is 0. The molecule has 16 heavy (non-hydrogen) atoms. The van der Waals surface area contributed by atoms with Crippen molar-refractivity contribution < 1.29 is 9.53 Å². The lowest BCUT2D eigenvalue weighted by atomic mass is 9.88. The Morgan fingerprint density at radius 2 is 2.00 bits per heavy atom. The topological polar surface area (TPSA) is 26.3 Å². The molecule has 0 heterocycles. The van der Waals surface area contributed by atoms with Gasteiger partial charge >= 0.3 is 0 Å². The van der Waals surface area contributed by atoms with Gasteiger partial charge in [0, 0.05) is 5.41 Å². The molecule has 1 saturated carbocycles. The Hall–Kier alpha value is -0.370. The Bertz CT molecular complexity index is 205. The highest BCUT2D eigenvalue weighted by atomic mass is 16.5. The number of aldehydes is 1. The van der Waals surface area contributed by atoms with E-state index in [-0.39, 0.29) is 5.41 Å². The van der Waals surface area contributed by atoms with Crippen molar-refractivity contribution in [1.29, 1.82) is 0 Å². The predicted molar refractivity (Wildman–Crippen MR) is 66.5 cm³/mol. The summed E-state index contributed by atoms with van der Waals surface area (Å²) >= 11 is 0. The van der Waals surface area contributed by atoms with E-state index in [0.717, 1.165) is 25.5 Å². The van der Waals surface area contributed by atoms with Gasteiger partial charge in [-0.15, -0.1) is 0 Å². The minimum Gasteiger partial charge on any atom is -0.375 e. The highest BCUT2D eigenvalue weighted by Crippen LogP contribution is 2.25. The minimum atomic E-state index is -0.160. The number of carbonyl (C=O) groups excluding carboxylic acids is 1. The first kappa shape index (κ1) is 13.7. The molecule has 0 aromatic heterocycles. The number of ether oxygens (including phenoxy) is 1. The maximum absolute atomic E-state index is 10.7. The molecule has 1 aliphatic rings. The Morgan fingerprint density at radius 3 is 2.56 bits per heavy atom. The van der Waals surface area contributed by atoms with Crippen LogP contribution in [0.15, 0.2) is 0 Å². The van der Waals surface area contributed by atoms with E-state index >= 15 is 0 Å². The second-order valence-electron chi connectivity index (χ2n) is 5.85. The largest absolute Gasteiger partial charge is 0.375 e. The van der Waals surface area contributed by atoms with Gasteiger partial charge in [0.15, 0.2) is 0 Å². The molecule has 0 aromatic rings. The van der Waals surface area contributed by atoms with Gasteiger partial charge in [0.05, 0.1) is 12.2 Å². The van der Waals surface area contributed by atoms with Crippen LogP contribution in [0.2, 0.25) is 0 Å². The van der Waals surface area contributed by atoms with E-state index in [2.05, 4.69) is 6.92 Å². The zero-order chi connectivity index (χ0) is 12.0. The maximum Gasteiger partial charge on any atom is 0.125 e.